The summed E-state index contributed by atoms with van der Waals surface area (Å²) < 4.78 is 7.76. The number of carbonyl (C=O) groups is 1. The fourth-order valence-electron chi connectivity index (χ4n) is 2.37. The fraction of sp³-hybridized carbons (Fsp3) is 0.375. The van der Waals surface area contributed by atoms with E-state index < -0.39 is 6.04 Å². The van der Waals surface area contributed by atoms with Gasteiger partial charge in [-0.05, 0) is 47.6 Å². The molecule has 8 heteroatoms. The largest absolute Gasteiger partial charge is 0.496 e. The lowest BCUT2D eigenvalue weighted by Crippen LogP contribution is -2.37. The molecule has 2 N–H and O–H groups in total. The van der Waals surface area contributed by atoms with Crippen LogP contribution < -0.4 is 15.4 Å². The number of nitrogens with zero attached hydrogens (tertiary/aromatic N) is 2. The molecule has 0 aliphatic heterocycles. The normalized spacial score (nSPS) is 12.9. The first kappa shape index (κ1) is 20.5. The molecule has 1 heterocycles. The zero-order chi connectivity index (χ0) is 17.0. The predicted molar refractivity (Wildman–Crippen MR) is 99.5 cm³/mol. The second-order valence-electron chi connectivity index (χ2n) is 5.29. The van der Waals surface area contributed by atoms with Crippen LogP contribution >= 0.6 is 28.3 Å². The van der Waals surface area contributed by atoms with Crippen LogP contribution in [0.3, 0.4) is 0 Å². The third-order valence-corrected chi connectivity index (χ3v) is 4.26. The molecule has 0 aliphatic carbocycles. The quantitative estimate of drug-likeness (QED) is 0.758. The van der Waals surface area contributed by atoms with Gasteiger partial charge in [-0.25, -0.2) is 0 Å². The average molecular weight is 418 g/mol. The summed E-state index contributed by atoms with van der Waals surface area (Å²) in [5.74, 6) is 0.663. The number of hydrogen-bond donors (Lipinski definition) is 2. The number of amides is 1. The number of benzene rings is 1. The van der Waals surface area contributed by atoms with Crippen molar-refractivity contribution in [3.05, 3.63) is 46.2 Å². The van der Waals surface area contributed by atoms with Gasteiger partial charge < -0.3 is 15.4 Å². The molecule has 0 saturated carbocycles. The second kappa shape index (κ2) is 9.05. The molecule has 0 fully saturated rings. The van der Waals surface area contributed by atoms with Gasteiger partial charge in [-0.2, -0.15) is 5.10 Å². The van der Waals surface area contributed by atoms with Crippen LogP contribution in [-0.2, 0) is 11.8 Å². The van der Waals surface area contributed by atoms with Gasteiger partial charge in [0.15, 0.2) is 0 Å². The predicted octanol–water partition coefficient (Wildman–Crippen LogP) is 2.75. The summed E-state index contributed by atoms with van der Waals surface area (Å²) in [4.78, 5) is 12.5. The molecule has 0 spiro atoms. The van der Waals surface area contributed by atoms with E-state index in [4.69, 9.17) is 4.74 Å². The minimum Gasteiger partial charge on any atom is -0.496 e. The van der Waals surface area contributed by atoms with E-state index in [1.165, 1.54) is 0 Å². The number of ether oxygens (including phenoxy) is 1. The lowest BCUT2D eigenvalue weighted by atomic mass is 10.1. The van der Waals surface area contributed by atoms with Crippen molar-refractivity contribution < 1.29 is 9.53 Å². The van der Waals surface area contributed by atoms with Crippen molar-refractivity contribution in [3.63, 3.8) is 0 Å². The standard InChI is InChI=1S/C16H21BrN4O2.ClH/c1-10(11-5-6-14(23-4)13(17)7-11)20-16(22)15(18-2)12-8-19-21(3)9-12;/h5-10,15,18H,1-4H3,(H,20,22);1H. The van der Waals surface area contributed by atoms with E-state index in [0.29, 0.717) is 0 Å². The Kier molecular flexibility index (Phi) is 7.72. The summed E-state index contributed by atoms with van der Waals surface area (Å²) in [6, 6.07) is 5.19. The maximum atomic E-state index is 12.5. The minimum absolute atomic E-state index is 0. The number of halogens is 2. The Morgan fingerprint density at radius 3 is 2.58 bits per heavy atom. The van der Waals surface area contributed by atoms with Crippen LogP contribution in [0.5, 0.6) is 5.75 Å². The van der Waals surface area contributed by atoms with Crippen LogP contribution in [0.15, 0.2) is 35.1 Å². The number of aryl methyl sites for hydroxylation is 1. The lowest BCUT2D eigenvalue weighted by molar-refractivity contribution is -0.123. The molecule has 0 bridgehead atoms. The Labute approximate surface area is 156 Å². The van der Waals surface area contributed by atoms with Crippen LogP contribution in [0, 0.1) is 0 Å². The summed E-state index contributed by atoms with van der Waals surface area (Å²) in [7, 11) is 5.20. The van der Waals surface area contributed by atoms with Crippen LogP contribution in [0.4, 0.5) is 0 Å². The van der Waals surface area contributed by atoms with E-state index >= 15 is 0 Å². The zero-order valence-electron chi connectivity index (χ0n) is 14.0. The number of nitrogens with one attached hydrogen (secondary N) is 2. The zero-order valence-corrected chi connectivity index (χ0v) is 16.4. The monoisotopic (exact) mass is 416 g/mol. The molecule has 1 amide bonds. The molecule has 24 heavy (non-hydrogen) atoms. The number of methoxy groups -OCH3 is 1. The summed E-state index contributed by atoms with van der Waals surface area (Å²) in [6.07, 6.45) is 3.52. The highest BCUT2D eigenvalue weighted by Crippen LogP contribution is 2.28. The van der Waals surface area contributed by atoms with Crippen molar-refractivity contribution in [2.24, 2.45) is 7.05 Å². The molecule has 0 saturated heterocycles. The Morgan fingerprint density at radius 2 is 2.08 bits per heavy atom. The van der Waals surface area contributed by atoms with Crippen molar-refractivity contribution in [1.82, 2.24) is 20.4 Å². The summed E-state index contributed by atoms with van der Waals surface area (Å²) in [5, 5.41) is 10.2. The van der Waals surface area contributed by atoms with Crippen molar-refractivity contribution in [3.8, 4) is 5.75 Å². The van der Waals surface area contributed by atoms with Crippen LogP contribution in [0.25, 0.3) is 0 Å². The number of carbonyl (C=O) groups excluding carboxylic acids is 1. The third kappa shape index (κ3) is 4.72. The molecule has 2 unspecified atom stereocenters. The number of hydrogen-bond acceptors (Lipinski definition) is 4. The first-order valence-corrected chi connectivity index (χ1v) is 8.05. The molecule has 0 radical (unpaired) electrons. The topological polar surface area (TPSA) is 68.2 Å². The van der Waals surface area contributed by atoms with Crippen LogP contribution in [-0.4, -0.2) is 29.8 Å². The average Bonchev–Trinajstić information content (AvgIpc) is 2.94. The Hall–Kier alpha value is -1.57. The van der Waals surface area contributed by atoms with E-state index in [0.717, 1.165) is 21.3 Å². The second-order valence-corrected chi connectivity index (χ2v) is 6.15. The van der Waals surface area contributed by atoms with Crippen LogP contribution in [0.1, 0.15) is 30.1 Å². The highest BCUT2D eigenvalue weighted by molar-refractivity contribution is 9.10. The molecule has 2 atom stereocenters. The van der Waals surface area contributed by atoms with E-state index in [2.05, 4.69) is 31.7 Å². The summed E-state index contributed by atoms with van der Waals surface area (Å²) in [5.41, 5.74) is 1.82. The summed E-state index contributed by atoms with van der Waals surface area (Å²) >= 11 is 3.46. The molecule has 132 valence electrons. The first-order chi connectivity index (χ1) is 11.0. The van der Waals surface area contributed by atoms with Gasteiger partial charge in [0.1, 0.15) is 11.8 Å². The van der Waals surface area contributed by atoms with Crippen LogP contribution in [0.2, 0.25) is 0 Å². The van der Waals surface area contributed by atoms with Crippen molar-refractivity contribution in [1.29, 1.82) is 0 Å². The fourth-order valence-corrected chi connectivity index (χ4v) is 2.93. The van der Waals surface area contributed by atoms with E-state index in [9.17, 15) is 4.79 Å². The van der Waals surface area contributed by atoms with Gasteiger partial charge in [-0.3, -0.25) is 9.48 Å². The van der Waals surface area contributed by atoms with Gasteiger partial charge in [0.25, 0.3) is 0 Å². The molecule has 2 aromatic rings. The SMILES string of the molecule is CNC(C(=O)NC(C)c1ccc(OC)c(Br)c1)c1cnn(C)c1.Cl. The third-order valence-electron chi connectivity index (χ3n) is 3.64. The number of likely N-dealkylation sites (N-methyl/N-ethyl adjacent to an activating group) is 1. The minimum atomic E-state index is -0.437. The molecular weight excluding hydrogens is 396 g/mol. The van der Waals surface area contributed by atoms with Crippen molar-refractivity contribution >= 4 is 34.2 Å². The van der Waals surface area contributed by atoms with E-state index in [-0.39, 0.29) is 24.4 Å². The number of aromatic nitrogens is 2. The van der Waals surface area contributed by atoms with Gasteiger partial charge in [-0.15, -0.1) is 12.4 Å². The van der Waals surface area contributed by atoms with Crippen molar-refractivity contribution in [2.75, 3.05) is 14.2 Å². The Balaban J connectivity index is 0.00000288. The summed E-state index contributed by atoms with van der Waals surface area (Å²) in [6.45, 7) is 1.95. The molecule has 1 aromatic carbocycles. The van der Waals surface area contributed by atoms with Crippen molar-refractivity contribution in [2.45, 2.75) is 19.0 Å². The molecule has 6 nitrogen and oxygen atoms in total. The highest BCUT2D eigenvalue weighted by Gasteiger charge is 2.22. The van der Waals surface area contributed by atoms with Gasteiger partial charge in [0, 0.05) is 18.8 Å². The lowest BCUT2D eigenvalue weighted by Gasteiger charge is -2.20. The van der Waals surface area contributed by atoms with Gasteiger partial charge in [0.2, 0.25) is 5.91 Å². The smallest absolute Gasteiger partial charge is 0.242 e. The molecule has 0 aliphatic rings. The maximum absolute atomic E-state index is 12.5. The Bertz CT molecular complexity index is 692. The highest BCUT2D eigenvalue weighted by atomic mass is 79.9. The van der Waals surface area contributed by atoms with E-state index in [1.807, 2.05) is 38.4 Å². The first-order valence-electron chi connectivity index (χ1n) is 7.26. The van der Waals surface area contributed by atoms with Gasteiger partial charge >= 0.3 is 0 Å². The molecule has 1 aromatic heterocycles. The Morgan fingerprint density at radius 1 is 1.38 bits per heavy atom. The molecular formula is C16H22BrClN4O2. The van der Waals surface area contributed by atoms with E-state index in [1.54, 1.807) is 25.0 Å². The van der Waals surface area contributed by atoms with Gasteiger partial charge in [0.05, 0.1) is 23.8 Å². The maximum Gasteiger partial charge on any atom is 0.242 e. The number of rotatable bonds is 6. The molecule has 2 rings (SSSR count). The van der Waals surface area contributed by atoms with Gasteiger partial charge in [-0.1, -0.05) is 6.07 Å².